The third kappa shape index (κ3) is 6.97. The average molecular weight is 295 g/mol. The van der Waals surface area contributed by atoms with Gasteiger partial charge in [0.05, 0.1) is 6.54 Å². The number of hydrogen-bond donors (Lipinski definition) is 3. The van der Waals surface area contributed by atoms with Crippen molar-refractivity contribution in [2.75, 3.05) is 13.1 Å². The predicted octanol–water partition coefficient (Wildman–Crippen LogP) is 3.17. The minimum absolute atomic E-state index is 0.330. The first-order valence-electron chi connectivity index (χ1n) is 7.67. The Balaban J connectivity index is 2.48. The maximum Gasteiger partial charge on any atom is 0.191 e. The fourth-order valence-electron chi connectivity index (χ4n) is 1.92. The Bertz CT molecular complexity index is 449. The zero-order valence-corrected chi connectivity index (χ0v) is 13.0. The number of guanidine groups is 1. The van der Waals surface area contributed by atoms with Crippen LogP contribution in [0.1, 0.15) is 45.1 Å². The molecule has 1 aromatic rings. The van der Waals surface area contributed by atoms with Gasteiger partial charge >= 0.3 is 0 Å². The lowest BCUT2D eigenvalue weighted by Gasteiger charge is -2.11. The molecular weight excluding hydrogens is 269 g/mol. The van der Waals surface area contributed by atoms with E-state index in [4.69, 9.17) is 5.11 Å². The van der Waals surface area contributed by atoms with Crippen LogP contribution in [0.4, 0.5) is 4.39 Å². The number of hydrogen-bond acceptors (Lipinski definition) is 2. The summed E-state index contributed by atoms with van der Waals surface area (Å²) in [5.41, 5.74) is 0.730. The second-order valence-electron chi connectivity index (χ2n) is 4.97. The molecular formula is C16H26FN3O. The molecule has 21 heavy (non-hydrogen) atoms. The number of aromatic hydroxyl groups is 1. The first-order chi connectivity index (χ1) is 10.2. The molecule has 118 valence electrons. The lowest BCUT2D eigenvalue weighted by atomic mass is 10.2. The summed E-state index contributed by atoms with van der Waals surface area (Å²) in [6, 6.07) is 4.33. The van der Waals surface area contributed by atoms with Gasteiger partial charge in [-0.05, 0) is 31.0 Å². The van der Waals surface area contributed by atoms with E-state index in [0.717, 1.165) is 31.0 Å². The van der Waals surface area contributed by atoms with Crippen LogP contribution >= 0.6 is 0 Å². The summed E-state index contributed by atoms with van der Waals surface area (Å²) in [5, 5.41) is 15.6. The van der Waals surface area contributed by atoms with Crippen molar-refractivity contribution in [1.82, 2.24) is 10.6 Å². The first-order valence-corrected chi connectivity index (χ1v) is 7.67. The van der Waals surface area contributed by atoms with Gasteiger partial charge in [-0.2, -0.15) is 0 Å². The Morgan fingerprint density at radius 1 is 1.19 bits per heavy atom. The van der Waals surface area contributed by atoms with E-state index in [0.29, 0.717) is 6.54 Å². The molecule has 0 aliphatic heterocycles. The zero-order valence-electron chi connectivity index (χ0n) is 13.0. The fourth-order valence-corrected chi connectivity index (χ4v) is 1.92. The van der Waals surface area contributed by atoms with E-state index in [1.165, 1.54) is 31.4 Å². The standard InChI is InChI=1S/C16H26FN3O/c1-3-5-6-7-10-19-16(18-4-2)20-12-13-8-9-15(21)14(17)11-13/h8-9,11,21H,3-7,10,12H2,1-2H3,(H2,18,19,20). The molecule has 0 bridgehead atoms. The van der Waals surface area contributed by atoms with E-state index < -0.39 is 5.82 Å². The molecule has 4 nitrogen and oxygen atoms in total. The average Bonchev–Trinajstić information content (AvgIpc) is 2.48. The van der Waals surface area contributed by atoms with Crippen LogP contribution < -0.4 is 10.6 Å². The lowest BCUT2D eigenvalue weighted by Crippen LogP contribution is -2.37. The minimum atomic E-state index is -0.611. The summed E-state index contributed by atoms with van der Waals surface area (Å²) in [7, 11) is 0. The maximum atomic E-state index is 13.2. The van der Waals surface area contributed by atoms with E-state index in [1.807, 2.05) is 6.92 Å². The Labute approximate surface area is 126 Å². The Hall–Kier alpha value is -1.78. The highest BCUT2D eigenvalue weighted by Gasteiger charge is 2.02. The molecule has 0 spiro atoms. The molecule has 0 aliphatic carbocycles. The van der Waals surface area contributed by atoms with Crippen molar-refractivity contribution in [3.05, 3.63) is 29.6 Å². The van der Waals surface area contributed by atoms with Crippen molar-refractivity contribution < 1.29 is 9.50 Å². The lowest BCUT2D eigenvalue weighted by molar-refractivity contribution is 0.432. The summed E-state index contributed by atoms with van der Waals surface area (Å²) < 4.78 is 13.2. The quantitative estimate of drug-likeness (QED) is 0.392. The van der Waals surface area contributed by atoms with Gasteiger partial charge in [0.1, 0.15) is 0 Å². The minimum Gasteiger partial charge on any atom is -0.505 e. The predicted molar refractivity (Wildman–Crippen MR) is 85.0 cm³/mol. The van der Waals surface area contributed by atoms with E-state index in [1.54, 1.807) is 6.07 Å². The van der Waals surface area contributed by atoms with E-state index in [9.17, 15) is 4.39 Å². The van der Waals surface area contributed by atoms with Crippen LogP contribution in [0.5, 0.6) is 5.75 Å². The number of benzene rings is 1. The number of halogens is 1. The number of aliphatic imine (C=N–C) groups is 1. The van der Waals surface area contributed by atoms with Crippen molar-refractivity contribution in [3.63, 3.8) is 0 Å². The molecule has 1 rings (SSSR count). The van der Waals surface area contributed by atoms with Crippen LogP contribution in [-0.2, 0) is 6.54 Å². The van der Waals surface area contributed by atoms with Gasteiger partial charge in [0.25, 0.3) is 0 Å². The summed E-state index contributed by atoms with van der Waals surface area (Å²) in [6.07, 6.45) is 4.81. The van der Waals surface area contributed by atoms with Crippen molar-refractivity contribution >= 4 is 5.96 Å². The topological polar surface area (TPSA) is 56.7 Å². The van der Waals surface area contributed by atoms with Crippen molar-refractivity contribution in [1.29, 1.82) is 0 Å². The molecule has 0 aromatic heterocycles. The number of phenols is 1. The second kappa shape index (κ2) is 10.0. The summed E-state index contributed by atoms with van der Waals surface area (Å²) >= 11 is 0. The third-order valence-electron chi connectivity index (χ3n) is 3.10. The normalized spacial score (nSPS) is 11.5. The molecule has 0 aliphatic rings. The van der Waals surface area contributed by atoms with Crippen LogP contribution in [0.15, 0.2) is 23.2 Å². The highest BCUT2D eigenvalue weighted by Crippen LogP contribution is 2.16. The molecule has 3 N–H and O–H groups in total. The molecule has 0 amide bonds. The van der Waals surface area contributed by atoms with E-state index in [-0.39, 0.29) is 5.75 Å². The SMILES string of the molecule is CCCCCCNC(=NCc1ccc(O)c(F)c1)NCC. The molecule has 0 radical (unpaired) electrons. The molecule has 0 unspecified atom stereocenters. The van der Waals surface area contributed by atoms with Crippen LogP contribution in [0.2, 0.25) is 0 Å². The summed E-state index contributed by atoms with van der Waals surface area (Å²) in [5.74, 6) is -0.202. The van der Waals surface area contributed by atoms with Gasteiger partial charge < -0.3 is 15.7 Å². The smallest absolute Gasteiger partial charge is 0.191 e. The molecule has 5 heteroatoms. The van der Waals surface area contributed by atoms with E-state index >= 15 is 0 Å². The van der Waals surface area contributed by atoms with Gasteiger partial charge in [-0.3, -0.25) is 0 Å². The third-order valence-corrected chi connectivity index (χ3v) is 3.10. The Kier molecular flexibility index (Phi) is 8.24. The molecule has 0 heterocycles. The Morgan fingerprint density at radius 3 is 2.67 bits per heavy atom. The van der Waals surface area contributed by atoms with Crippen molar-refractivity contribution in [2.24, 2.45) is 4.99 Å². The van der Waals surface area contributed by atoms with E-state index in [2.05, 4.69) is 22.5 Å². The van der Waals surface area contributed by atoms with Crippen LogP contribution in [0.25, 0.3) is 0 Å². The van der Waals surface area contributed by atoms with Crippen molar-refractivity contribution in [3.8, 4) is 5.75 Å². The first kappa shape index (κ1) is 17.3. The number of phenolic OH excluding ortho intramolecular Hbond substituents is 1. The molecule has 0 saturated heterocycles. The molecule has 1 aromatic carbocycles. The maximum absolute atomic E-state index is 13.2. The highest BCUT2D eigenvalue weighted by molar-refractivity contribution is 5.79. The van der Waals surface area contributed by atoms with Crippen LogP contribution in [0.3, 0.4) is 0 Å². The number of rotatable bonds is 8. The molecule has 0 fully saturated rings. The zero-order chi connectivity index (χ0) is 15.5. The van der Waals surface area contributed by atoms with Gasteiger partial charge in [0.2, 0.25) is 0 Å². The van der Waals surface area contributed by atoms with Gasteiger partial charge in [0.15, 0.2) is 17.5 Å². The fraction of sp³-hybridized carbons (Fsp3) is 0.562. The van der Waals surface area contributed by atoms with Gasteiger partial charge in [-0.15, -0.1) is 0 Å². The monoisotopic (exact) mass is 295 g/mol. The van der Waals surface area contributed by atoms with Crippen LogP contribution in [0, 0.1) is 5.82 Å². The van der Waals surface area contributed by atoms with Gasteiger partial charge in [0, 0.05) is 13.1 Å². The second-order valence-corrected chi connectivity index (χ2v) is 4.97. The highest BCUT2D eigenvalue weighted by atomic mass is 19.1. The number of nitrogens with zero attached hydrogens (tertiary/aromatic N) is 1. The largest absolute Gasteiger partial charge is 0.505 e. The molecule has 0 atom stereocenters. The van der Waals surface area contributed by atoms with Gasteiger partial charge in [-0.25, -0.2) is 9.38 Å². The van der Waals surface area contributed by atoms with Crippen molar-refractivity contribution in [2.45, 2.75) is 46.1 Å². The Morgan fingerprint density at radius 2 is 2.00 bits per heavy atom. The summed E-state index contributed by atoms with van der Waals surface area (Å²) in [4.78, 5) is 4.42. The van der Waals surface area contributed by atoms with Gasteiger partial charge in [-0.1, -0.05) is 32.3 Å². The number of unbranched alkanes of at least 4 members (excludes halogenated alkanes) is 3. The number of nitrogens with one attached hydrogen (secondary N) is 2. The molecule has 0 saturated carbocycles. The van der Waals surface area contributed by atoms with Crippen LogP contribution in [-0.4, -0.2) is 24.2 Å². The summed E-state index contributed by atoms with van der Waals surface area (Å²) in [6.45, 7) is 6.24.